The number of anilines is 3. The van der Waals surface area contributed by atoms with Crippen molar-refractivity contribution in [2.45, 2.75) is 0 Å². The van der Waals surface area contributed by atoms with E-state index >= 15 is 0 Å². The van der Waals surface area contributed by atoms with Crippen LogP contribution in [0.4, 0.5) is 17.1 Å². The molecule has 3 rings (SSSR count). The quantitative estimate of drug-likeness (QED) is 0.804. The number of hydrogen-bond donors (Lipinski definition) is 2. The number of nitriles is 1. The molecule has 0 spiro atoms. The maximum absolute atomic E-state index is 8.94. The van der Waals surface area contributed by atoms with Crippen LogP contribution >= 0.6 is 0 Å². The molecule has 0 aromatic heterocycles. The number of nitrogen functional groups attached to an aromatic ring is 1. The Balaban J connectivity index is 1.87. The third-order valence-corrected chi connectivity index (χ3v) is 2.83. The average molecular weight is 253 g/mol. The van der Waals surface area contributed by atoms with Crippen molar-refractivity contribution in [3.63, 3.8) is 0 Å². The number of fused-ring (bicyclic) bond motifs is 1. The van der Waals surface area contributed by atoms with Gasteiger partial charge in [-0.1, -0.05) is 0 Å². The molecule has 2 aromatic carbocycles. The molecule has 5 nitrogen and oxygen atoms in total. The second-order valence-electron chi connectivity index (χ2n) is 4.11. The van der Waals surface area contributed by atoms with E-state index in [0.717, 1.165) is 17.1 Å². The summed E-state index contributed by atoms with van der Waals surface area (Å²) < 4.78 is 10.6. The molecule has 0 atom stereocenters. The number of nitrogens with two attached hydrogens (primary N) is 1. The van der Waals surface area contributed by atoms with Crippen LogP contribution in [0, 0.1) is 11.3 Å². The molecule has 94 valence electrons. The fraction of sp³-hybridized carbons (Fsp3) is 0.0714. The largest absolute Gasteiger partial charge is 0.454 e. The van der Waals surface area contributed by atoms with Gasteiger partial charge in [0.2, 0.25) is 6.79 Å². The molecule has 0 radical (unpaired) electrons. The molecule has 0 amide bonds. The van der Waals surface area contributed by atoms with Crippen molar-refractivity contribution < 1.29 is 9.47 Å². The fourth-order valence-electron chi connectivity index (χ4n) is 1.87. The lowest BCUT2D eigenvalue weighted by atomic mass is 10.1. The Labute approximate surface area is 110 Å². The predicted octanol–water partition coefficient (Wildman–Crippen LogP) is 2.61. The zero-order valence-electron chi connectivity index (χ0n) is 10.0. The van der Waals surface area contributed by atoms with Crippen LogP contribution in [0.2, 0.25) is 0 Å². The van der Waals surface area contributed by atoms with E-state index in [9.17, 15) is 0 Å². The summed E-state index contributed by atoms with van der Waals surface area (Å²) in [5, 5.41) is 12.1. The third-order valence-electron chi connectivity index (χ3n) is 2.83. The number of nitrogens with zero attached hydrogens (tertiary/aromatic N) is 1. The molecular formula is C14H11N3O2. The van der Waals surface area contributed by atoms with Gasteiger partial charge in [0.05, 0.1) is 5.56 Å². The van der Waals surface area contributed by atoms with Crippen LogP contribution in [0.5, 0.6) is 11.5 Å². The van der Waals surface area contributed by atoms with Crippen LogP contribution in [0.3, 0.4) is 0 Å². The van der Waals surface area contributed by atoms with Gasteiger partial charge in [-0.2, -0.15) is 5.26 Å². The van der Waals surface area contributed by atoms with Crippen LogP contribution in [-0.4, -0.2) is 6.79 Å². The van der Waals surface area contributed by atoms with Gasteiger partial charge in [-0.05, 0) is 30.3 Å². The number of nitrogens with one attached hydrogen (secondary N) is 1. The molecule has 2 aromatic rings. The summed E-state index contributed by atoms with van der Waals surface area (Å²) in [6.45, 7) is 0.249. The smallest absolute Gasteiger partial charge is 0.231 e. The van der Waals surface area contributed by atoms with Crippen molar-refractivity contribution in [3.05, 3.63) is 42.0 Å². The first-order valence-corrected chi connectivity index (χ1v) is 5.72. The molecule has 1 heterocycles. The minimum atomic E-state index is 0.249. The van der Waals surface area contributed by atoms with Gasteiger partial charge in [-0.3, -0.25) is 0 Å². The Morgan fingerprint density at radius 3 is 2.63 bits per heavy atom. The lowest BCUT2D eigenvalue weighted by molar-refractivity contribution is 0.174. The fourth-order valence-corrected chi connectivity index (χ4v) is 1.87. The molecular weight excluding hydrogens is 242 g/mol. The lowest BCUT2D eigenvalue weighted by Crippen LogP contribution is -1.94. The highest BCUT2D eigenvalue weighted by atomic mass is 16.7. The van der Waals surface area contributed by atoms with Gasteiger partial charge in [0.1, 0.15) is 6.07 Å². The van der Waals surface area contributed by atoms with Crippen LogP contribution in [-0.2, 0) is 0 Å². The Morgan fingerprint density at radius 1 is 1.05 bits per heavy atom. The number of hydrogen-bond acceptors (Lipinski definition) is 5. The molecule has 0 saturated carbocycles. The molecule has 19 heavy (non-hydrogen) atoms. The first-order chi connectivity index (χ1) is 9.26. The van der Waals surface area contributed by atoms with Gasteiger partial charge in [0.15, 0.2) is 11.5 Å². The highest BCUT2D eigenvalue weighted by Crippen LogP contribution is 2.35. The number of benzene rings is 2. The normalized spacial score (nSPS) is 11.9. The Hall–Kier alpha value is -2.87. The second-order valence-corrected chi connectivity index (χ2v) is 4.11. The lowest BCUT2D eigenvalue weighted by Gasteiger charge is -2.08. The molecule has 0 saturated heterocycles. The molecule has 1 aliphatic heterocycles. The van der Waals surface area contributed by atoms with Crippen molar-refractivity contribution in [1.82, 2.24) is 0 Å². The molecule has 0 bridgehead atoms. The second kappa shape index (κ2) is 4.42. The van der Waals surface area contributed by atoms with E-state index in [-0.39, 0.29) is 6.79 Å². The molecule has 3 N–H and O–H groups in total. The van der Waals surface area contributed by atoms with Crippen LogP contribution in [0.1, 0.15) is 5.56 Å². The zero-order valence-corrected chi connectivity index (χ0v) is 10.0. The highest BCUT2D eigenvalue weighted by Gasteiger charge is 2.13. The van der Waals surface area contributed by atoms with E-state index in [0.29, 0.717) is 17.0 Å². The van der Waals surface area contributed by atoms with Gasteiger partial charge in [0, 0.05) is 23.1 Å². The Kier molecular flexibility index (Phi) is 2.62. The third kappa shape index (κ3) is 2.11. The number of rotatable bonds is 2. The first kappa shape index (κ1) is 11.2. The van der Waals surface area contributed by atoms with Crippen LogP contribution in [0.15, 0.2) is 36.4 Å². The minimum Gasteiger partial charge on any atom is -0.454 e. The topological polar surface area (TPSA) is 80.3 Å². The molecule has 5 heteroatoms. The number of ether oxygens (including phenoxy) is 2. The van der Waals surface area contributed by atoms with Crippen molar-refractivity contribution in [2.75, 3.05) is 17.8 Å². The van der Waals surface area contributed by atoms with E-state index in [2.05, 4.69) is 11.4 Å². The molecule has 0 unspecified atom stereocenters. The Morgan fingerprint density at radius 2 is 1.79 bits per heavy atom. The summed E-state index contributed by atoms with van der Waals surface area (Å²) >= 11 is 0. The first-order valence-electron chi connectivity index (χ1n) is 5.72. The molecule has 1 aliphatic rings. The van der Waals surface area contributed by atoms with Crippen molar-refractivity contribution in [3.8, 4) is 17.6 Å². The summed E-state index contributed by atoms with van der Waals surface area (Å²) in [6.07, 6.45) is 0. The van der Waals surface area contributed by atoms with Gasteiger partial charge in [-0.15, -0.1) is 0 Å². The summed E-state index contributed by atoms with van der Waals surface area (Å²) in [5.41, 5.74) is 8.26. The van der Waals surface area contributed by atoms with Crippen molar-refractivity contribution in [2.24, 2.45) is 0 Å². The highest BCUT2D eigenvalue weighted by molar-refractivity contribution is 5.68. The average Bonchev–Trinajstić information content (AvgIpc) is 2.88. The standard InChI is InChI=1S/C14H11N3O2/c15-7-9-5-10(1-3-12(9)16)17-11-2-4-13-14(6-11)19-8-18-13/h1-6,17H,8,16H2. The van der Waals surface area contributed by atoms with E-state index in [1.807, 2.05) is 24.3 Å². The minimum absolute atomic E-state index is 0.249. The van der Waals surface area contributed by atoms with Crippen molar-refractivity contribution in [1.29, 1.82) is 5.26 Å². The summed E-state index contributed by atoms with van der Waals surface area (Å²) in [7, 11) is 0. The van der Waals surface area contributed by atoms with Gasteiger partial charge in [0.25, 0.3) is 0 Å². The van der Waals surface area contributed by atoms with Gasteiger partial charge < -0.3 is 20.5 Å². The maximum atomic E-state index is 8.94. The Bertz CT molecular complexity index is 677. The SMILES string of the molecule is N#Cc1cc(Nc2ccc3c(c2)OCO3)ccc1N. The van der Waals surface area contributed by atoms with Crippen molar-refractivity contribution >= 4 is 17.1 Å². The van der Waals surface area contributed by atoms with E-state index in [1.54, 1.807) is 12.1 Å². The maximum Gasteiger partial charge on any atom is 0.231 e. The van der Waals surface area contributed by atoms with Crippen LogP contribution in [0.25, 0.3) is 0 Å². The van der Waals surface area contributed by atoms with E-state index in [4.69, 9.17) is 20.5 Å². The van der Waals surface area contributed by atoms with Crippen LogP contribution < -0.4 is 20.5 Å². The molecule has 0 fully saturated rings. The summed E-state index contributed by atoms with van der Waals surface area (Å²) in [4.78, 5) is 0. The summed E-state index contributed by atoms with van der Waals surface area (Å²) in [6, 6.07) is 12.9. The van der Waals surface area contributed by atoms with E-state index in [1.165, 1.54) is 0 Å². The van der Waals surface area contributed by atoms with Gasteiger partial charge in [-0.25, -0.2) is 0 Å². The monoisotopic (exact) mass is 253 g/mol. The van der Waals surface area contributed by atoms with Gasteiger partial charge >= 0.3 is 0 Å². The molecule has 0 aliphatic carbocycles. The zero-order chi connectivity index (χ0) is 13.2. The van der Waals surface area contributed by atoms with E-state index < -0.39 is 0 Å². The summed E-state index contributed by atoms with van der Waals surface area (Å²) in [5.74, 6) is 1.45. The predicted molar refractivity (Wildman–Crippen MR) is 71.4 cm³/mol.